The summed E-state index contributed by atoms with van der Waals surface area (Å²) in [6.45, 7) is 1.99. The molecule has 3 N–H and O–H groups in total. The topological polar surface area (TPSA) is 99.8 Å². The maximum atomic E-state index is 11.9. The van der Waals surface area contributed by atoms with Gasteiger partial charge in [0, 0.05) is 11.1 Å². The second-order valence-corrected chi connectivity index (χ2v) is 6.38. The number of thioether (sulfide) groups is 1. The van der Waals surface area contributed by atoms with E-state index in [0.717, 1.165) is 11.1 Å². The van der Waals surface area contributed by atoms with Gasteiger partial charge in [0.1, 0.15) is 0 Å². The van der Waals surface area contributed by atoms with E-state index in [2.05, 4.69) is 26.0 Å². The second-order valence-electron chi connectivity index (χ2n) is 5.44. The van der Waals surface area contributed by atoms with Crippen LogP contribution in [0.4, 0.5) is 0 Å². The summed E-state index contributed by atoms with van der Waals surface area (Å²) in [7, 11) is 0. The molecule has 0 spiro atoms. The van der Waals surface area contributed by atoms with E-state index in [1.54, 1.807) is 24.3 Å². The molecule has 0 saturated heterocycles. The first kappa shape index (κ1) is 17.7. The molecule has 132 valence electrons. The van der Waals surface area contributed by atoms with Crippen molar-refractivity contribution < 1.29 is 9.59 Å². The normalized spacial score (nSPS) is 10.3. The quantitative estimate of drug-likeness (QED) is 0.475. The maximum absolute atomic E-state index is 11.9. The molecular formula is C18H17N5O2S. The summed E-state index contributed by atoms with van der Waals surface area (Å²) in [6.07, 6.45) is 0. The van der Waals surface area contributed by atoms with E-state index in [1.165, 1.54) is 11.8 Å². The zero-order valence-corrected chi connectivity index (χ0v) is 14.8. The summed E-state index contributed by atoms with van der Waals surface area (Å²) in [6, 6.07) is 16.5. The molecule has 0 atom stereocenters. The number of amides is 2. The van der Waals surface area contributed by atoms with Crippen LogP contribution in [0.1, 0.15) is 15.9 Å². The van der Waals surface area contributed by atoms with Crippen LogP contribution in [0.3, 0.4) is 0 Å². The molecule has 0 bridgehead atoms. The summed E-state index contributed by atoms with van der Waals surface area (Å²) in [5.74, 6) is 0.0220. The molecule has 1 aromatic heterocycles. The van der Waals surface area contributed by atoms with Gasteiger partial charge in [0.15, 0.2) is 5.82 Å². The van der Waals surface area contributed by atoms with E-state index in [0.29, 0.717) is 16.5 Å². The first-order chi connectivity index (χ1) is 12.6. The smallest absolute Gasteiger partial charge is 0.269 e. The van der Waals surface area contributed by atoms with Crippen LogP contribution in [0.5, 0.6) is 0 Å². The van der Waals surface area contributed by atoms with Gasteiger partial charge in [-0.2, -0.15) is 0 Å². The van der Waals surface area contributed by atoms with Gasteiger partial charge in [-0.1, -0.05) is 54.2 Å². The number of benzene rings is 2. The predicted octanol–water partition coefficient (Wildman–Crippen LogP) is 2.33. The molecule has 8 heteroatoms. The number of aromatic amines is 1. The Morgan fingerprint density at radius 1 is 1.04 bits per heavy atom. The number of carbonyl (C=O) groups excluding carboxylic acids is 2. The minimum atomic E-state index is -0.372. The summed E-state index contributed by atoms with van der Waals surface area (Å²) in [4.78, 5) is 28.1. The van der Waals surface area contributed by atoms with Crippen molar-refractivity contribution >= 4 is 23.6 Å². The van der Waals surface area contributed by atoms with Gasteiger partial charge in [-0.25, -0.2) is 4.98 Å². The van der Waals surface area contributed by atoms with E-state index >= 15 is 0 Å². The molecule has 3 rings (SSSR count). The van der Waals surface area contributed by atoms with Crippen LogP contribution in [-0.2, 0) is 4.79 Å². The van der Waals surface area contributed by atoms with Gasteiger partial charge in [-0.3, -0.25) is 25.5 Å². The van der Waals surface area contributed by atoms with Crippen molar-refractivity contribution in [1.29, 1.82) is 0 Å². The van der Waals surface area contributed by atoms with Crippen molar-refractivity contribution in [3.63, 3.8) is 0 Å². The summed E-state index contributed by atoms with van der Waals surface area (Å²) < 4.78 is 0. The third kappa shape index (κ3) is 4.48. The van der Waals surface area contributed by atoms with E-state index in [-0.39, 0.29) is 17.6 Å². The van der Waals surface area contributed by atoms with E-state index in [9.17, 15) is 9.59 Å². The van der Waals surface area contributed by atoms with Gasteiger partial charge in [0.05, 0.1) is 5.75 Å². The average molecular weight is 367 g/mol. The van der Waals surface area contributed by atoms with Crippen molar-refractivity contribution in [3.05, 3.63) is 65.7 Å². The van der Waals surface area contributed by atoms with Crippen molar-refractivity contribution in [2.45, 2.75) is 12.1 Å². The van der Waals surface area contributed by atoms with Crippen LogP contribution >= 0.6 is 11.8 Å². The minimum Gasteiger partial charge on any atom is -0.272 e. The number of rotatable bonds is 5. The van der Waals surface area contributed by atoms with Gasteiger partial charge < -0.3 is 0 Å². The molecule has 0 saturated carbocycles. The Morgan fingerprint density at radius 3 is 2.54 bits per heavy atom. The van der Waals surface area contributed by atoms with Crippen molar-refractivity contribution in [2.75, 3.05) is 5.75 Å². The predicted molar refractivity (Wildman–Crippen MR) is 99.3 cm³/mol. The molecule has 0 aliphatic carbocycles. The first-order valence-corrected chi connectivity index (χ1v) is 8.87. The highest BCUT2D eigenvalue weighted by Gasteiger charge is 2.11. The van der Waals surface area contributed by atoms with Crippen LogP contribution < -0.4 is 10.9 Å². The Kier molecular flexibility index (Phi) is 5.65. The minimum absolute atomic E-state index is 0.0835. The monoisotopic (exact) mass is 367 g/mol. The van der Waals surface area contributed by atoms with E-state index < -0.39 is 0 Å². The number of hydrazine groups is 1. The number of aryl methyl sites for hydroxylation is 1. The molecular weight excluding hydrogens is 350 g/mol. The van der Waals surface area contributed by atoms with Gasteiger partial charge in [-0.15, -0.1) is 5.10 Å². The average Bonchev–Trinajstić information content (AvgIpc) is 3.14. The fourth-order valence-electron chi connectivity index (χ4n) is 2.22. The van der Waals surface area contributed by atoms with Crippen molar-refractivity contribution in [3.8, 4) is 11.4 Å². The Labute approximate surface area is 154 Å². The molecule has 0 aliphatic heterocycles. The Bertz CT molecular complexity index is 911. The first-order valence-electron chi connectivity index (χ1n) is 7.89. The molecule has 26 heavy (non-hydrogen) atoms. The lowest BCUT2D eigenvalue weighted by molar-refractivity contribution is -0.119. The molecule has 7 nitrogen and oxygen atoms in total. The molecule has 2 amide bonds. The Hall–Kier alpha value is -3.13. The third-order valence-corrected chi connectivity index (χ3v) is 4.40. The molecule has 0 fully saturated rings. The van der Waals surface area contributed by atoms with Gasteiger partial charge in [0.2, 0.25) is 11.1 Å². The second kappa shape index (κ2) is 8.30. The highest BCUT2D eigenvalue weighted by Crippen LogP contribution is 2.21. The van der Waals surface area contributed by atoms with Crippen molar-refractivity contribution in [1.82, 2.24) is 26.0 Å². The highest BCUT2D eigenvalue weighted by molar-refractivity contribution is 7.99. The number of hydrogen-bond donors (Lipinski definition) is 3. The number of aromatic nitrogens is 3. The van der Waals surface area contributed by atoms with Crippen LogP contribution in [-0.4, -0.2) is 32.7 Å². The van der Waals surface area contributed by atoms with E-state index in [4.69, 9.17) is 0 Å². The summed E-state index contributed by atoms with van der Waals surface area (Å²) in [5.41, 5.74) is 7.27. The largest absolute Gasteiger partial charge is 0.272 e. The molecule has 1 heterocycles. The van der Waals surface area contributed by atoms with Crippen molar-refractivity contribution in [2.24, 2.45) is 0 Å². The fraction of sp³-hybridized carbons (Fsp3) is 0.111. The fourth-order valence-corrected chi connectivity index (χ4v) is 2.82. The molecule has 0 unspecified atom stereocenters. The Balaban J connectivity index is 1.49. The number of nitrogens with one attached hydrogen (secondary N) is 3. The lowest BCUT2D eigenvalue weighted by atomic mass is 10.1. The van der Waals surface area contributed by atoms with Crippen LogP contribution in [0.15, 0.2) is 59.8 Å². The molecule has 2 aromatic carbocycles. The number of H-pyrrole nitrogens is 1. The standard InChI is InChI=1S/C18H17N5O2S/c1-12-7-5-6-10-14(12)16-19-18(23-21-16)26-11-15(24)20-22-17(25)13-8-3-2-4-9-13/h2-10H,11H2,1H3,(H,20,24)(H,22,25)(H,19,21,23). The van der Waals surface area contributed by atoms with Gasteiger partial charge in [0.25, 0.3) is 5.91 Å². The van der Waals surface area contributed by atoms with Gasteiger partial charge in [-0.05, 0) is 24.6 Å². The zero-order valence-electron chi connectivity index (χ0n) is 14.0. The molecule has 0 aliphatic rings. The number of hydrogen-bond acceptors (Lipinski definition) is 5. The van der Waals surface area contributed by atoms with Crippen LogP contribution in [0.2, 0.25) is 0 Å². The lowest BCUT2D eigenvalue weighted by Gasteiger charge is -2.06. The summed E-state index contributed by atoms with van der Waals surface area (Å²) >= 11 is 1.18. The van der Waals surface area contributed by atoms with Gasteiger partial charge >= 0.3 is 0 Å². The van der Waals surface area contributed by atoms with Crippen LogP contribution in [0, 0.1) is 6.92 Å². The zero-order chi connectivity index (χ0) is 18.4. The summed E-state index contributed by atoms with van der Waals surface area (Å²) in [5, 5.41) is 7.45. The Morgan fingerprint density at radius 2 is 1.77 bits per heavy atom. The molecule has 3 aromatic rings. The lowest BCUT2D eigenvalue weighted by Crippen LogP contribution is -2.42. The van der Waals surface area contributed by atoms with Crippen LogP contribution in [0.25, 0.3) is 11.4 Å². The number of nitrogens with zero attached hydrogens (tertiary/aromatic N) is 2. The highest BCUT2D eigenvalue weighted by atomic mass is 32.2. The SMILES string of the molecule is Cc1ccccc1-c1nc(SCC(=O)NNC(=O)c2ccccc2)n[nH]1. The van der Waals surface area contributed by atoms with E-state index in [1.807, 2.05) is 37.3 Å². The third-order valence-electron chi connectivity index (χ3n) is 3.55. The number of carbonyl (C=O) groups is 2. The molecule has 0 radical (unpaired) electrons. The maximum Gasteiger partial charge on any atom is 0.269 e.